The number of hydrogen-bond donors (Lipinski definition) is 0. The third-order valence-electron chi connectivity index (χ3n) is 1.35. The lowest BCUT2D eigenvalue weighted by atomic mass is 10.4. The summed E-state index contributed by atoms with van der Waals surface area (Å²) in [5.74, 6) is 0. The maximum absolute atomic E-state index is 10.3. The highest BCUT2D eigenvalue weighted by Gasteiger charge is 2.06. The molecule has 0 radical (unpaired) electrons. The van der Waals surface area contributed by atoms with Gasteiger partial charge < -0.3 is 0 Å². The first kappa shape index (κ1) is 8.27. The van der Waals surface area contributed by atoms with Crippen LogP contribution in [0.25, 0.3) is 0 Å². The summed E-state index contributed by atoms with van der Waals surface area (Å²) in [6.45, 7) is 3.94. The van der Waals surface area contributed by atoms with Crippen LogP contribution in [0.2, 0.25) is 5.02 Å². The van der Waals surface area contributed by atoms with Crippen LogP contribution < -0.4 is 0 Å². The van der Waals surface area contributed by atoms with Gasteiger partial charge in [0.05, 0.1) is 5.02 Å². The molecule has 60 valence electrons. The molecule has 0 amide bonds. The lowest BCUT2D eigenvalue weighted by Crippen LogP contribution is -2.01. The first-order valence-corrected chi connectivity index (χ1v) is 3.72. The second-order valence-electron chi connectivity index (χ2n) is 2.55. The van der Waals surface area contributed by atoms with E-state index in [0.717, 1.165) is 0 Å². The maximum atomic E-state index is 10.3. The van der Waals surface area contributed by atoms with Crippen LogP contribution in [-0.4, -0.2) is 16.1 Å². The molecule has 0 unspecified atom stereocenters. The van der Waals surface area contributed by atoms with E-state index in [2.05, 4.69) is 5.10 Å². The van der Waals surface area contributed by atoms with E-state index < -0.39 is 0 Å². The molecule has 1 aromatic rings. The highest BCUT2D eigenvalue weighted by atomic mass is 35.5. The van der Waals surface area contributed by atoms with E-state index in [1.54, 1.807) is 10.9 Å². The molecule has 0 aromatic carbocycles. The lowest BCUT2D eigenvalue weighted by molar-refractivity contribution is 0.111. The summed E-state index contributed by atoms with van der Waals surface area (Å²) in [6.07, 6.45) is 2.30. The Morgan fingerprint density at radius 2 is 2.36 bits per heavy atom. The van der Waals surface area contributed by atoms with Gasteiger partial charge in [-0.1, -0.05) is 11.6 Å². The number of hydrogen-bond acceptors (Lipinski definition) is 2. The number of aromatic nitrogens is 2. The average Bonchev–Trinajstić information content (AvgIpc) is 2.31. The SMILES string of the molecule is CC(C)n1cc(Cl)c(C=O)n1. The maximum Gasteiger partial charge on any atom is 0.171 e. The fourth-order valence-electron chi connectivity index (χ4n) is 0.728. The zero-order chi connectivity index (χ0) is 8.43. The Bertz CT molecular complexity index is 267. The summed E-state index contributed by atoms with van der Waals surface area (Å²) in [5, 5.41) is 4.36. The molecule has 0 fully saturated rings. The molecule has 4 heteroatoms. The highest BCUT2D eigenvalue weighted by Crippen LogP contribution is 2.14. The zero-order valence-electron chi connectivity index (χ0n) is 6.41. The highest BCUT2D eigenvalue weighted by molar-refractivity contribution is 6.32. The van der Waals surface area contributed by atoms with Gasteiger partial charge in [-0.2, -0.15) is 5.10 Å². The van der Waals surface area contributed by atoms with Crippen LogP contribution in [0.3, 0.4) is 0 Å². The van der Waals surface area contributed by atoms with Gasteiger partial charge in [0.2, 0.25) is 0 Å². The largest absolute Gasteiger partial charge is 0.296 e. The van der Waals surface area contributed by atoms with Crippen molar-refractivity contribution in [2.45, 2.75) is 19.9 Å². The monoisotopic (exact) mass is 172 g/mol. The summed E-state index contributed by atoms with van der Waals surface area (Å²) < 4.78 is 1.66. The third kappa shape index (κ3) is 1.60. The van der Waals surface area contributed by atoms with Gasteiger partial charge in [0.15, 0.2) is 6.29 Å². The fraction of sp³-hybridized carbons (Fsp3) is 0.429. The standard InChI is InChI=1S/C7H9ClN2O/c1-5(2)10-3-6(8)7(4-11)9-10/h3-5H,1-2H3. The van der Waals surface area contributed by atoms with E-state index in [1.807, 2.05) is 13.8 Å². The first-order valence-electron chi connectivity index (χ1n) is 3.35. The molecule has 1 rings (SSSR count). The Hall–Kier alpha value is -0.830. The number of carbonyl (C=O) groups is 1. The molecule has 0 spiro atoms. The van der Waals surface area contributed by atoms with Crippen molar-refractivity contribution >= 4 is 17.9 Å². The summed E-state index contributed by atoms with van der Waals surface area (Å²) >= 11 is 5.67. The number of rotatable bonds is 2. The van der Waals surface area contributed by atoms with E-state index in [0.29, 0.717) is 17.0 Å². The molecule has 0 atom stereocenters. The smallest absolute Gasteiger partial charge is 0.171 e. The van der Waals surface area contributed by atoms with Gasteiger partial charge in [0.1, 0.15) is 5.69 Å². The van der Waals surface area contributed by atoms with Gasteiger partial charge in [-0.05, 0) is 13.8 Å². The molecule has 0 N–H and O–H groups in total. The Morgan fingerprint density at radius 3 is 2.64 bits per heavy atom. The van der Waals surface area contributed by atoms with Crippen molar-refractivity contribution in [1.82, 2.24) is 9.78 Å². The Morgan fingerprint density at radius 1 is 1.73 bits per heavy atom. The molecular weight excluding hydrogens is 164 g/mol. The molecule has 1 heterocycles. The number of nitrogens with zero attached hydrogens (tertiary/aromatic N) is 2. The quantitative estimate of drug-likeness (QED) is 0.639. The van der Waals surface area contributed by atoms with Crippen molar-refractivity contribution < 1.29 is 4.79 Å². The van der Waals surface area contributed by atoms with Gasteiger partial charge >= 0.3 is 0 Å². The van der Waals surface area contributed by atoms with Crippen LogP contribution in [0.15, 0.2) is 6.20 Å². The first-order chi connectivity index (χ1) is 5.15. The van der Waals surface area contributed by atoms with E-state index >= 15 is 0 Å². The van der Waals surface area contributed by atoms with Gasteiger partial charge in [-0.15, -0.1) is 0 Å². The van der Waals surface area contributed by atoms with Crippen molar-refractivity contribution in [2.24, 2.45) is 0 Å². The minimum Gasteiger partial charge on any atom is -0.296 e. The van der Waals surface area contributed by atoms with Gasteiger partial charge in [0.25, 0.3) is 0 Å². The number of aldehydes is 1. The van der Waals surface area contributed by atoms with Gasteiger partial charge in [-0.3, -0.25) is 9.48 Å². The molecule has 1 aromatic heterocycles. The molecule has 11 heavy (non-hydrogen) atoms. The van der Waals surface area contributed by atoms with Crippen molar-refractivity contribution in [1.29, 1.82) is 0 Å². The molecule has 0 aliphatic rings. The minimum absolute atomic E-state index is 0.237. The predicted octanol–water partition coefficient (Wildman–Crippen LogP) is 1.93. The van der Waals surface area contributed by atoms with E-state index in [9.17, 15) is 4.79 Å². The average molecular weight is 173 g/mol. The van der Waals surface area contributed by atoms with Crippen LogP contribution in [0.5, 0.6) is 0 Å². The van der Waals surface area contributed by atoms with Crippen LogP contribution in [0, 0.1) is 0 Å². The zero-order valence-corrected chi connectivity index (χ0v) is 7.17. The summed E-state index contributed by atoms with van der Waals surface area (Å²) in [7, 11) is 0. The second-order valence-corrected chi connectivity index (χ2v) is 2.96. The van der Waals surface area contributed by atoms with E-state index in [-0.39, 0.29) is 6.04 Å². The molecule has 0 aliphatic carbocycles. The number of carbonyl (C=O) groups excluding carboxylic acids is 1. The minimum atomic E-state index is 0.237. The molecule has 0 bridgehead atoms. The van der Waals surface area contributed by atoms with Crippen LogP contribution in [0.4, 0.5) is 0 Å². The molecule has 0 saturated carbocycles. The Kier molecular flexibility index (Phi) is 2.29. The van der Waals surface area contributed by atoms with Gasteiger partial charge in [0, 0.05) is 12.2 Å². The topological polar surface area (TPSA) is 34.9 Å². The second kappa shape index (κ2) is 3.05. The van der Waals surface area contributed by atoms with Crippen molar-refractivity contribution in [2.75, 3.05) is 0 Å². The van der Waals surface area contributed by atoms with Gasteiger partial charge in [-0.25, -0.2) is 0 Å². The van der Waals surface area contributed by atoms with Crippen molar-refractivity contribution in [3.8, 4) is 0 Å². The predicted molar refractivity (Wildman–Crippen MR) is 43.0 cm³/mol. The number of halogens is 1. The van der Waals surface area contributed by atoms with Crippen LogP contribution in [-0.2, 0) is 0 Å². The Labute approximate surface area is 70.0 Å². The molecule has 0 aliphatic heterocycles. The third-order valence-corrected chi connectivity index (χ3v) is 1.65. The van der Waals surface area contributed by atoms with E-state index in [1.165, 1.54) is 0 Å². The van der Waals surface area contributed by atoms with Crippen molar-refractivity contribution in [3.05, 3.63) is 16.9 Å². The van der Waals surface area contributed by atoms with Crippen LogP contribution in [0.1, 0.15) is 30.4 Å². The van der Waals surface area contributed by atoms with Crippen LogP contribution >= 0.6 is 11.6 Å². The van der Waals surface area contributed by atoms with E-state index in [4.69, 9.17) is 11.6 Å². The molecule has 0 saturated heterocycles. The molecular formula is C7H9ClN2O. The molecule has 3 nitrogen and oxygen atoms in total. The van der Waals surface area contributed by atoms with Crippen molar-refractivity contribution in [3.63, 3.8) is 0 Å². The summed E-state index contributed by atoms with van der Waals surface area (Å²) in [6, 6.07) is 0.237. The normalized spacial score (nSPS) is 10.5. The Balaban J connectivity index is 3.04. The fourth-order valence-corrected chi connectivity index (χ4v) is 0.910. The summed E-state index contributed by atoms with van der Waals surface area (Å²) in [5.41, 5.74) is 0.306. The lowest BCUT2D eigenvalue weighted by Gasteiger charge is -2.02. The summed E-state index contributed by atoms with van der Waals surface area (Å²) in [4.78, 5) is 10.3.